The Hall–Kier alpha value is -0.740. The van der Waals surface area contributed by atoms with Crippen LogP contribution in [0.3, 0.4) is 0 Å². The maximum atomic E-state index is 12.4. The van der Waals surface area contributed by atoms with Crippen LogP contribution in [-0.2, 0) is 11.2 Å². The molecule has 1 saturated heterocycles. The molecule has 0 spiro atoms. The first kappa shape index (κ1) is 12.3. The fourth-order valence-electron chi connectivity index (χ4n) is 3.38. The Bertz CT molecular complexity index is 463. The molecular weight excluding hydrogens is 292 g/mol. The molecule has 96 valence electrons. The van der Waals surface area contributed by atoms with E-state index in [-0.39, 0.29) is 6.04 Å². The second-order valence-corrected chi connectivity index (χ2v) is 6.15. The summed E-state index contributed by atoms with van der Waals surface area (Å²) in [7, 11) is 0. The lowest BCUT2D eigenvalue weighted by Crippen LogP contribution is -2.36. The van der Waals surface area contributed by atoms with E-state index in [1.165, 1.54) is 19.3 Å². The number of carbonyl (C=O) groups excluding carboxylic acids is 1. The molecule has 1 aliphatic heterocycles. The minimum Gasteiger partial charge on any atom is -0.307 e. The molecule has 1 aliphatic carbocycles. The first-order valence-electron chi connectivity index (χ1n) is 6.61. The first-order valence-corrected chi connectivity index (χ1v) is 7.41. The summed E-state index contributed by atoms with van der Waals surface area (Å²) < 4.78 is 0.797. The molecule has 0 unspecified atom stereocenters. The number of nitrogens with zero attached hydrogens (tertiary/aromatic N) is 1. The van der Waals surface area contributed by atoms with Gasteiger partial charge in [0.1, 0.15) is 4.60 Å². The van der Waals surface area contributed by atoms with Crippen LogP contribution in [0, 0.1) is 11.8 Å². The third-order valence-electron chi connectivity index (χ3n) is 4.22. The van der Waals surface area contributed by atoms with Crippen molar-refractivity contribution in [2.24, 2.45) is 11.8 Å². The van der Waals surface area contributed by atoms with Crippen LogP contribution in [0.15, 0.2) is 22.8 Å². The van der Waals surface area contributed by atoms with Crippen LogP contribution in [0.1, 0.15) is 25.0 Å². The van der Waals surface area contributed by atoms with Gasteiger partial charge in [0.25, 0.3) is 0 Å². The van der Waals surface area contributed by atoms with Gasteiger partial charge >= 0.3 is 0 Å². The van der Waals surface area contributed by atoms with Crippen molar-refractivity contribution >= 4 is 21.7 Å². The lowest BCUT2D eigenvalue weighted by atomic mass is 9.90. The van der Waals surface area contributed by atoms with E-state index in [0.29, 0.717) is 18.1 Å². The van der Waals surface area contributed by atoms with E-state index in [1.807, 2.05) is 18.2 Å². The summed E-state index contributed by atoms with van der Waals surface area (Å²) in [5.74, 6) is 1.61. The Balaban J connectivity index is 1.68. The normalized spacial score (nSPS) is 30.4. The van der Waals surface area contributed by atoms with Crippen molar-refractivity contribution in [1.82, 2.24) is 10.3 Å². The Morgan fingerprint density at radius 3 is 3.17 bits per heavy atom. The number of ketones is 1. The van der Waals surface area contributed by atoms with E-state index in [0.717, 1.165) is 22.8 Å². The Morgan fingerprint density at radius 2 is 2.33 bits per heavy atom. The maximum absolute atomic E-state index is 12.4. The Morgan fingerprint density at radius 1 is 1.44 bits per heavy atom. The van der Waals surface area contributed by atoms with Crippen molar-refractivity contribution < 1.29 is 4.79 Å². The van der Waals surface area contributed by atoms with Gasteiger partial charge in [0.2, 0.25) is 0 Å². The summed E-state index contributed by atoms with van der Waals surface area (Å²) in [5.41, 5.74) is 0.859. The number of pyridine rings is 1. The molecule has 0 aromatic carbocycles. The molecule has 3 rings (SSSR count). The van der Waals surface area contributed by atoms with E-state index < -0.39 is 0 Å². The molecule has 2 aliphatic rings. The molecule has 0 amide bonds. The molecule has 0 radical (unpaired) electrons. The molecule has 4 heteroatoms. The molecule has 1 saturated carbocycles. The highest BCUT2D eigenvalue weighted by Crippen LogP contribution is 2.38. The summed E-state index contributed by atoms with van der Waals surface area (Å²) in [6, 6.07) is 5.80. The number of hydrogen-bond acceptors (Lipinski definition) is 3. The first-order chi connectivity index (χ1) is 8.74. The smallest absolute Gasteiger partial charge is 0.155 e. The Kier molecular flexibility index (Phi) is 3.48. The number of fused-ring (bicyclic) bond motifs is 1. The number of carbonyl (C=O) groups is 1. The zero-order chi connectivity index (χ0) is 12.5. The van der Waals surface area contributed by atoms with Crippen LogP contribution < -0.4 is 5.32 Å². The molecule has 3 nitrogen and oxygen atoms in total. The monoisotopic (exact) mass is 308 g/mol. The van der Waals surface area contributed by atoms with Gasteiger partial charge in [0.15, 0.2) is 5.78 Å². The lowest BCUT2D eigenvalue weighted by molar-refractivity contribution is -0.121. The highest BCUT2D eigenvalue weighted by atomic mass is 79.9. The van der Waals surface area contributed by atoms with Crippen molar-refractivity contribution in [2.75, 3.05) is 6.54 Å². The summed E-state index contributed by atoms with van der Waals surface area (Å²) in [6.45, 7) is 1.02. The molecule has 2 heterocycles. The van der Waals surface area contributed by atoms with Crippen molar-refractivity contribution in [3.05, 3.63) is 28.5 Å². The van der Waals surface area contributed by atoms with Crippen LogP contribution in [0.25, 0.3) is 0 Å². The number of Topliss-reactive ketones (excluding diaryl/α,β-unsaturated/α-hetero) is 1. The summed E-state index contributed by atoms with van der Waals surface area (Å²) in [4.78, 5) is 16.7. The molecule has 1 N–H and O–H groups in total. The zero-order valence-corrected chi connectivity index (χ0v) is 11.8. The average Bonchev–Trinajstić information content (AvgIpc) is 2.89. The number of halogens is 1. The van der Waals surface area contributed by atoms with Gasteiger partial charge in [0.05, 0.1) is 12.5 Å². The van der Waals surface area contributed by atoms with Crippen molar-refractivity contribution in [3.8, 4) is 0 Å². The Labute approximate surface area is 116 Å². The third kappa shape index (κ3) is 2.36. The molecule has 2 fully saturated rings. The second-order valence-electron chi connectivity index (χ2n) is 5.34. The lowest BCUT2D eigenvalue weighted by Gasteiger charge is -2.16. The van der Waals surface area contributed by atoms with Gasteiger partial charge in [-0.25, -0.2) is 4.98 Å². The van der Waals surface area contributed by atoms with E-state index >= 15 is 0 Å². The molecular formula is C14H17BrN2O. The van der Waals surface area contributed by atoms with Crippen LogP contribution in [0.2, 0.25) is 0 Å². The van der Waals surface area contributed by atoms with Crippen molar-refractivity contribution in [2.45, 2.75) is 31.7 Å². The van der Waals surface area contributed by atoms with Crippen LogP contribution in [0.4, 0.5) is 0 Å². The van der Waals surface area contributed by atoms with Gasteiger partial charge in [0, 0.05) is 5.69 Å². The summed E-state index contributed by atoms with van der Waals surface area (Å²) in [6.07, 6.45) is 4.23. The molecule has 1 aromatic heterocycles. The van der Waals surface area contributed by atoms with Gasteiger partial charge in [-0.15, -0.1) is 0 Å². The third-order valence-corrected chi connectivity index (χ3v) is 4.66. The second kappa shape index (κ2) is 5.10. The maximum Gasteiger partial charge on any atom is 0.155 e. The number of nitrogens with one attached hydrogen (secondary N) is 1. The quantitative estimate of drug-likeness (QED) is 0.872. The number of hydrogen-bond donors (Lipinski definition) is 1. The van der Waals surface area contributed by atoms with Crippen LogP contribution in [-0.4, -0.2) is 23.4 Å². The standard InChI is InChI=1S/C14H17BrN2O/c15-13-6-2-4-10(17-13)7-12(18)14-11-5-1-3-9(11)8-16-14/h2,4,6,9,11,14,16H,1,3,5,7-8H2/t9-,11-,14+/m1/s1. The predicted molar refractivity (Wildman–Crippen MR) is 73.3 cm³/mol. The zero-order valence-electron chi connectivity index (χ0n) is 10.2. The minimum atomic E-state index is 0.0679. The van der Waals surface area contributed by atoms with Gasteiger partial charge in [-0.2, -0.15) is 0 Å². The van der Waals surface area contributed by atoms with Gasteiger partial charge in [-0.1, -0.05) is 12.5 Å². The van der Waals surface area contributed by atoms with Crippen LogP contribution in [0.5, 0.6) is 0 Å². The van der Waals surface area contributed by atoms with Crippen LogP contribution >= 0.6 is 15.9 Å². The SMILES string of the molecule is O=C(Cc1cccc(Br)n1)[C@H]1NC[C@H]2CCC[C@H]21. The van der Waals surface area contributed by atoms with Gasteiger partial charge < -0.3 is 5.32 Å². The van der Waals surface area contributed by atoms with E-state index in [9.17, 15) is 4.79 Å². The molecule has 18 heavy (non-hydrogen) atoms. The van der Waals surface area contributed by atoms with E-state index in [1.54, 1.807) is 0 Å². The summed E-state index contributed by atoms with van der Waals surface area (Å²) in [5, 5.41) is 3.40. The fourth-order valence-corrected chi connectivity index (χ4v) is 3.76. The molecule has 1 aromatic rings. The number of rotatable bonds is 3. The predicted octanol–water partition coefficient (Wildman–Crippen LogP) is 2.34. The van der Waals surface area contributed by atoms with Gasteiger partial charge in [-0.3, -0.25) is 4.79 Å². The average molecular weight is 309 g/mol. The van der Waals surface area contributed by atoms with Gasteiger partial charge in [-0.05, 0) is 59.3 Å². The topological polar surface area (TPSA) is 42.0 Å². The number of aromatic nitrogens is 1. The van der Waals surface area contributed by atoms with Crippen molar-refractivity contribution in [3.63, 3.8) is 0 Å². The van der Waals surface area contributed by atoms with E-state index in [4.69, 9.17) is 0 Å². The molecule has 3 atom stereocenters. The minimum absolute atomic E-state index is 0.0679. The highest BCUT2D eigenvalue weighted by Gasteiger charge is 2.41. The molecule has 0 bridgehead atoms. The summed E-state index contributed by atoms with van der Waals surface area (Å²) >= 11 is 3.34. The largest absolute Gasteiger partial charge is 0.307 e. The fraction of sp³-hybridized carbons (Fsp3) is 0.571. The highest BCUT2D eigenvalue weighted by molar-refractivity contribution is 9.10. The van der Waals surface area contributed by atoms with E-state index in [2.05, 4.69) is 26.2 Å². The van der Waals surface area contributed by atoms with Crippen molar-refractivity contribution in [1.29, 1.82) is 0 Å².